The van der Waals surface area contributed by atoms with Crippen molar-refractivity contribution in [2.45, 2.75) is 63.3 Å². The van der Waals surface area contributed by atoms with Crippen LogP contribution in [0.15, 0.2) is 36.4 Å². The molecule has 0 spiro atoms. The fraction of sp³-hybridized carbons (Fsp3) is 0.654. The highest BCUT2D eigenvalue weighted by Crippen LogP contribution is 2.38. The normalized spacial score (nSPS) is 21.9. The molecule has 10 nitrogen and oxygen atoms in total. The maximum absolute atomic E-state index is 11.8. The topological polar surface area (TPSA) is 149 Å². The zero-order valence-corrected chi connectivity index (χ0v) is 22.9. The minimum Gasteiger partial charge on any atom is -0.491 e. The van der Waals surface area contributed by atoms with E-state index in [-0.39, 0.29) is 37.6 Å². The highest BCUT2D eigenvalue weighted by molar-refractivity contribution is 7.99. The lowest BCUT2D eigenvalue weighted by Gasteiger charge is -2.23. The molecule has 1 fully saturated rings. The average molecular weight is 576 g/mol. The van der Waals surface area contributed by atoms with Gasteiger partial charge in [0, 0.05) is 22.9 Å². The van der Waals surface area contributed by atoms with Gasteiger partial charge in [-0.2, -0.15) is 11.8 Å². The van der Waals surface area contributed by atoms with Crippen LogP contribution >= 0.6 is 23.4 Å². The maximum Gasteiger partial charge on any atom is 0.305 e. The molecular formula is C26H38ClNO9S. The molecule has 0 unspecified atom stereocenters. The van der Waals surface area contributed by atoms with Gasteiger partial charge in [0.05, 0.1) is 18.3 Å². The van der Waals surface area contributed by atoms with Gasteiger partial charge in [0.25, 0.3) is 5.09 Å². The van der Waals surface area contributed by atoms with Crippen LogP contribution in [-0.2, 0) is 14.4 Å². The molecule has 1 aliphatic carbocycles. The molecule has 0 aliphatic heterocycles. The summed E-state index contributed by atoms with van der Waals surface area (Å²) >= 11 is 7.35. The fourth-order valence-electron chi connectivity index (χ4n) is 4.42. The molecule has 2 rings (SSSR count). The minimum absolute atomic E-state index is 0.0112. The van der Waals surface area contributed by atoms with Crippen LogP contribution in [0.3, 0.4) is 0 Å². The van der Waals surface area contributed by atoms with E-state index in [4.69, 9.17) is 21.1 Å². The smallest absolute Gasteiger partial charge is 0.305 e. The molecule has 1 saturated carbocycles. The zero-order chi connectivity index (χ0) is 27.8. The van der Waals surface area contributed by atoms with Crippen molar-refractivity contribution < 1.29 is 39.5 Å². The monoisotopic (exact) mass is 575 g/mol. The number of allylic oxidation sites excluding steroid dienone is 2. The Morgan fingerprint density at radius 2 is 1.97 bits per heavy atom. The van der Waals surface area contributed by atoms with Crippen molar-refractivity contribution in [3.8, 4) is 5.75 Å². The molecule has 12 heteroatoms. The van der Waals surface area contributed by atoms with E-state index in [1.165, 1.54) is 11.8 Å². The van der Waals surface area contributed by atoms with E-state index >= 15 is 0 Å². The van der Waals surface area contributed by atoms with Crippen LogP contribution in [0.25, 0.3) is 0 Å². The average Bonchev–Trinajstić information content (AvgIpc) is 3.14. The summed E-state index contributed by atoms with van der Waals surface area (Å²) in [4.78, 5) is 26.0. The molecule has 0 saturated heterocycles. The van der Waals surface area contributed by atoms with Crippen molar-refractivity contribution in [3.05, 3.63) is 51.6 Å². The summed E-state index contributed by atoms with van der Waals surface area (Å²) < 4.78 is 10.7. The maximum atomic E-state index is 11.8. The van der Waals surface area contributed by atoms with Crippen LogP contribution in [0.4, 0.5) is 0 Å². The quantitative estimate of drug-likeness (QED) is 0.0730. The second-order valence-corrected chi connectivity index (χ2v) is 10.8. The predicted molar refractivity (Wildman–Crippen MR) is 145 cm³/mol. The van der Waals surface area contributed by atoms with Crippen LogP contribution in [0.2, 0.25) is 5.02 Å². The number of rotatable bonds is 19. The standard InChI is InChI=1S/C26H38ClNO9S/c27-19-6-5-7-21(16-19)36-18-20(29)10-11-23-22(24(30)17-25(23)31)8-3-1-2-4-9-26(32)35-12-14-38-15-13-37-28(33)34/h1,3,5-7,16,20,22-25,29-31H,2,4,8-15,17-18H2/b3-1-/t20-,22-,23-,24+,25-/m1/s1. The number of unbranched alkanes of at least 4 members (excludes halogenated alkanes) is 1. The Morgan fingerprint density at radius 3 is 2.74 bits per heavy atom. The molecule has 38 heavy (non-hydrogen) atoms. The van der Waals surface area contributed by atoms with Crippen molar-refractivity contribution in [3.63, 3.8) is 0 Å². The minimum atomic E-state index is -0.833. The summed E-state index contributed by atoms with van der Waals surface area (Å²) in [7, 11) is 0. The van der Waals surface area contributed by atoms with Gasteiger partial charge in [-0.25, -0.2) is 0 Å². The number of aliphatic hydroxyl groups excluding tert-OH is 3. The third-order valence-electron chi connectivity index (χ3n) is 6.33. The number of nitrogens with zero attached hydrogens (tertiary/aromatic N) is 1. The molecule has 0 amide bonds. The van der Waals surface area contributed by atoms with Gasteiger partial charge in [0.2, 0.25) is 0 Å². The first-order chi connectivity index (χ1) is 18.3. The SMILES string of the molecule is O=C(CCC/C=C\C[C@@H]1[C@@H](CC[C@@H](O)COc2cccc(Cl)c2)[C@H](O)C[C@@H]1O)OCCSCCO[N+](=O)[O-]. The van der Waals surface area contributed by atoms with E-state index in [1.807, 2.05) is 12.2 Å². The molecule has 0 bridgehead atoms. The van der Waals surface area contributed by atoms with E-state index in [9.17, 15) is 30.2 Å². The van der Waals surface area contributed by atoms with Gasteiger partial charge in [-0.05, 0) is 68.6 Å². The van der Waals surface area contributed by atoms with Gasteiger partial charge in [0.15, 0.2) is 0 Å². The van der Waals surface area contributed by atoms with E-state index in [0.717, 1.165) is 0 Å². The van der Waals surface area contributed by atoms with Crippen molar-refractivity contribution in [1.82, 2.24) is 0 Å². The first-order valence-electron chi connectivity index (χ1n) is 12.8. The number of ether oxygens (including phenoxy) is 2. The Bertz CT molecular complexity index is 875. The third-order valence-corrected chi connectivity index (χ3v) is 7.48. The molecule has 0 aromatic heterocycles. The summed E-state index contributed by atoms with van der Waals surface area (Å²) in [5.74, 6) is 1.09. The summed E-state index contributed by atoms with van der Waals surface area (Å²) in [6.45, 7) is 0.385. The van der Waals surface area contributed by atoms with Gasteiger partial charge in [-0.15, -0.1) is 10.1 Å². The summed E-state index contributed by atoms with van der Waals surface area (Å²) in [5, 5.41) is 41.0. The Morgan fingerprint density at radius 1 is 1.21 bits per heavy atom. The lowest BCUT2D eigenvalue weighted by atomic mass is 9.86. The molecule has 0 radical (unpaired) electrons. The highest BCUT2D eigenvalue weighted by Gasteiger charge is 2.40. The molecule has 0 heterocycles. The summed E-state index contributed by atoms with van der Waals surface area (Å²) in [6.07, 6.45) is 5.62. The first kappa shape index (κ1) is 32.2. The number of carbonyl (C=O) groups excluding carboxylic acids is 1. The van der Waals surface area contributed by atoms with Gasteiger partial charge in [0.1, 0.15) is 25.6 Å². The number of hydrogen-bond donors (Lipinski definition) is 3. The third kappa shape index (κ3) is 13.1. The van der Waals surface area contributed by atoms with Crippen LogP contribution < -0.4 is 4.74 Å². The molecule has 5 atom stereocenters. The van der Waals surface area contributed by atoms with Gasteiger partial charge in [-0.1, -0.05) is 29.8 Å². The molecule has 1 aliphatic rings. The Hall–Kier alpha value is -2.05. The second kappa shape index (κ2) is 18.3. The largest absolute Gasteiger partial charge is 0.491 e. The van der Waals surface area contributed by atoms with Crippen molar-refractivity contribution in [2.24, 2.45) is 11.8 Å². The number of carbonyl (C=O) groups is 1. The second-order valence-electron chi connectivity index (χ2n) is 9.19. The van der Waals surface area contributed by atoms with E-state index in [0.29, 0.717) is 67.2 Å². The Kier molecular flexibility index (Phi) is 15.5. The van der Waals surface area contributed by atoms with Gasteiger partial charge < -0.3 is 29.6 Å². The highest BCUT2D eigenvalue weighted by atomic mass is 35.5. The van der Waals surface area contributed by atoms with Crippen molar-refractivity contribution >= 4 is 29.3 Å². The number of thioether (sulfide) groups is 1. The molecule has 1 aromatic carbocycles. The number of esters is 1. The number of aliphatic hydroxyl groups is 3. The zero-order valence-electron chi connectivity index (χ0n) is 21.4. The summed E-state index contributed by atoms with van der Waals surface area (Å²) in [6, 6.07) is 6.96. The fourth-order valence-corrected chi connectivity index (χ4v) is 5.20. The first-order valence-corrected chi connectivity index (χ1v) is 14.4. The van der Waals surface area contributed by atoms with Crippen LogP contribution in [-0.4, -0.2) is 76.0 Å². The predicted octanol–water partition coefficient (Wildman–Crippen LogP) is 3.82. The summed E-state index contributed by atoms with van der Waals surface area (Å²) in [5.41, 5.74) is 0. The lowest BCUT2D eigenvalue weighted by Crippen LogP contribution is -2.25. The van der Waals surface area contributed by atoms with Gasteiger partial charge >= 0.3 is 5.97 Å². The number of halogens is 1. The Balaban J connectivity index is 1.59. The van der Waals surface area contributed by atoms with Gasteiger partial charge in [-0.3, -0.25) is 4.79 Å². The Labute approximate surface area is 232 Å². The van der Waals surface area contributed by atoms with Crippen LogP contribution in [0.5, 0.6) is 5.75 Å². The number of hydrogen-bond acceptors (Lipinski definition) is 10. The van der Waals surface area contributed by atoms with Crippen molar-refractivity contribution in [2.75, 3.05) is 31.3 Å². The van der Waals surface area contributed by atoms with E-state index in [1.54, 1.807) is 24.3 Å². The molecule has 214 valence electrons. The van der Waals surface area contributed by atoms with Crippen molar-refractivity contribution in [1.29, 1.82) is 0 Å². The molecular weight excluding hydrogens is 538 g/mol. The van der Waals surface area contributed by atoms with Crippen LogP contribution in [0.1, 0.15) is 44.9 Å². The lowest BCUT2D eigenvalue weighted by molar-refractivity contribution is -0.756. The van der Waals surface area contributed by atoms with E-state index in [2.05, 4.69) is 4.84 Å². The van der Waals surface area contributed by atoms with E-state index < -0.39 is 23.4 Å². The molecule has 3 N–H and O–H groups in total. The van der Waals surface area contributed by atoms with Crippen LogP contribution in [0, 0.1) is 22.0 Å². The molecule has 1 aromatic rings. The number of benzene rings is 1.